The average molecular weight is 416 g/mol. The summed E-state index contributed by atoms with van der Waals surface area (Å²) in [6.07, 6.45) is 0. The first kappa shape index (κ1) is 19.9. The van der Waals surface area contributed by atoms with Crippen molar-refractivity contribution in [2.75, 3.05) is 5.32 Å². The molecule has 3 rings (SSSR count). The maximum Gasteiger partial charge on any atom is 0.248 e. The van der Waals surface area contributed by atoms with E-state index in [1.54, 1.807) is 43.3 Å². The normalized spacial score (nSPS) is 11.8. The molecule has 0 aliphatic rings. The van der Waals surface area contributed by atoms with E-state index in [-0.39, 0.29) is 5.91 Å². The SMILES string of the molecule is CC(Sc1nnc(-c2ccc(Cl)cc2)n1C)C(=O)Nc1ccc(C(N)=O)cc1. The van der Waals surface area contributed by atoms with Crippen molar-refractivity contribution in [3.8, 4) is 11.4 Å². The van der Waals surface area contributed by atoms with Gasteiger partial charge in [0.2, 0.25) is 11.8 Å². The predicted molar refractivity (Wildman–Crippen MR) is 110 cm³/mol. The van der Waals surface area contributed by atoms with E-state index >= 15 is 0 Å². The first-order chi connectivity index (χ1) is 13.3. The second-order valence-electron chi connectivity index (χ2n) is 6.06. The van der Waals surface area contributed by atoms with Crippen molar-refractivity contribution in [3.05, 3.63) is 59.1 Å². The van der Waals surface area contributed by atoms with E-state index in [0.29, 0.717) is 27.3 Å². The van der Waals surface area contributed by atoms with Gasteiger partial charge >= 0.3 is 0 Å². The first-order valence-corrected chi connectivity index (χ1v) is 9.63. The van der Waals surface area contributed by atoms with Gasteiger partial charge in [-0.25, -0.2) is 0 Å². The molecule has 1 heterocycles. The molecule has 7 nitrogen and oxygen atoms in total. The molecule has 0 saturated heterocycles. The smallest absolute Gasteiger partial charge is 0.248 e. The van der Waals surface area contributed by atoms with Crippen molar-refractivity contribution in [1.82, 2.24) is 14.8 Å². The molecule has 3 aromatic rings. The number of hydrogen-bond donors (Lipinski definition) is 2. The number of carbonyl (C=O) groups excluding carboxylic acids is 2. The molecule has 28 heavy (non-hydrogen) atoms. The highest BCUT2D eigenvalue weighted by molar-refractivity contribution is 8.00. The standard InChI is InChI=1S/C19H18ClN5O2S/c1-11(18(27)22-15-9-5-12(6-10-15)16(21)26)28-19-24-23-17(25(19)2)13-3-7-14(20)8-4-13/h3-11H,1-2H3,(H2,21,26)(H,22,27). The number of rotatable bonds is 6. The van der Waals surface area contributed by atoms with Gasteiger partial charge in [0.15, 0.2) is 11.0 Å². The largest absolute Gasteiger partial charge is 0.366 e. The Morgan fingerprint density at radius 3 is 2.36 bits per heavy atom. The Balaban J connectivity index is 1.67. The Kier molecular flexibility index (Phi) is 6.01. The zero-order chi connectivity index (χ0) is 20.3. The van der Waals surface area contributed by atoms with E-state index in [1.165, 1.54) is 11.8 Å². The third-order valence-corrected chi connectivity index (χ3v) is 5.41. The van der Waals surface area contributed by atoms with Crippen molar-refractivity contribution in [2.45, 2.75) is 17.3 Å². The lowest BCUT2D eigenvalue weighted by molar-refractivity contribution is -0.115. The summed E-state index contributed by atoms with van der Waals surface area (Å²) in [5, 5.41) is 12.1. The number of amides is 2. The van der Waals surface area contributed by atoms with Gasteiger partial charge in [0.25, 0.3) is 0 Å². The van der Waals surface area contributed by atoms with Crippen LogP contribution in [0.3, 0.4) is 0 Å². The van der Waals surface area contributed by atoms with Crippen LogP contribution in [0.5, 0.6) is 0 Å². The first-order valence-electron chi connectivity index (χ1n) is 8.38. The number of nitrogens with zero attached hydrogens (tertiary/aromatic N) is 3. The van der Waals surface area contributed by atoms with Gasteiger partial charge in [-0.15, -0.1) is 10.2 Å². The van der Waals surface area contributed by atoms with Crippen molar-refractivity contribution in [3.63, 3.8) is 0 Å². The van der Waals surface area contributed by atoms with E-state index in [9.17, 15) is 9.59 Å². The van der Waals surface area contributed by atoms with Crippen molar-refractivity contribution < 1.29 is 9.59 Å². The summed E-state index contributed by atoms with van der Waals surface area (Å²) in [5.41, 5.74) is 7.07. The molecule has 0 fully saturated rings. The van der Waals surface area contributed by atoms with E-state index in [0.717, 1.165) is 5.56 Å². The van der Waals surface area contributed by atoms with E-state index in [1.807, 2.05) is 23.7 Å². The highest BCUT2D eigenvalue weighted by Gasteiger charge is 2.19. The Hall–Kier alpha value is -2.84. The van der Waals surface area contributed by atoms with E-state index in [2.05, 4.69) is 15.5 Å². The lowest BCUT2D eigenvalue weighted by Gasteiger charge is -2.12. The Bertz CT molecular complexity index is 1000. The predicted octanol–water partition coefficient (Wildman–Crippen LogP) is 3.35. The van der Waals surface area contributed by atoms with Crippen molar-refractivity contribution in [2.24, 2.45) is 12.8 Å². The van der Waals surface area contributed by atoms with Gasteiger partial charge in [-0.3, -0.25) is 9.59 Å². The Morgan fingerprint density at radius 1 is 1.11 bits per heavy atom. The van der Waals surface area contributed by atoms with Gasteiger partial charge in [-0.1, -0.05) is 23.4 Å². The topological polar surface area (TPSA) is 103 Å². The molecule has 0 aliphatic carbocycles. The molecule has 2 amide bonds. The van der Waals surface area contributed by atoms with Gasteiger partial charge < -0.3 is 15.6 Å². The van der Waals surface area contributed by atoms with Crippen LogP contribution in [0.15, 0.2) is 53.7 Å². The van der Waals surface area contributed by atoms with Crippen LogP contribution in [0, 0.1) is 0 Å². The number of nitrogens with two attached hydrogens (primary N) is 1. The number of benzene rings is 2. The van der Waals surface area contributed by atoms with Gasteiger partial charge in [-0.05, 0) is 55.5 Å². The quantitative estimate of drug-likeness (QED) is 0.601. The molecular weight excluding hydrogens is 398 g/mol. The summed E-state index contributed by atoms with van der Waals surface area (Å²) in [7, 11) is 1.85. The number of halogens is 1. The minimum atomic E-state index is -0.513. The molecule has 1 atom stereocenters. The zero-order valence-corrected chi connectivity index (χ0v) is 16.8. The molecule has 0 spiro atoms. The molecule has 0 radical (unpaired) electrons. The van der Waals surface area contributed by atoms with Crippen LogP contribution < -0.4 is 11.1 Å². The third kappa shape index (κ3) is 4.52. The van der Waals surface area contributed by atoms with Crippen LogP contribution in [-0.4, -0.2) is 31.8 Å². The summed E-state index contributed by atoms with van der Waals surface area (Å²) < 4.78 is 1.83. The summed E-state index contributed by atoms with van der Waals surface area (Å²) in [5.74, 6) is -0.0118. The lowest BCUT2D eigenvalue weighted by atomic mass is 10.2. The Labute approximate surface area is 171 Å². The van der Waals surface area contributed by atoms with Crippen LogP contribution in [-0.2, 0) is 11.8 Å². The maximum absolute atomic E-state index is 12.5. The monoisotopic (exact) mass is 415 g/mol. The number of aromatic nitrogens is 3. The highest BCUT2D eigenvalue weighted by atomic mass is 35.5. The number of carbonyl (C=O) groups is 2. The van der Waals surface area contributed by atoms with Gasteiger partial charge in [0, 0.05) is 28.9 Å². The molecule has 9 heteroatoms. The van der Waals surface area contributed by atoms with Gasteiger partial charge in [0.1, 0.15) is 0 Å². The average Bonchev–Trinajstić information content (AvgIpc) is 3.03. The lowest BCUT2D eigenvalue weighted by Crippen LogP contribution is -2.23. The molecule has 0 saturated carbocycles. The van der Waals surface area contributed by atoms with Crippen LogP contribution in [0.2, 0.25) is 5.02 Å². The third-order valence-electron chi connectivity index (χ3n) is 4.03. The molecule has 3 N–H and O–H groups in total. The van der Waals surface area contributed by atoms with Crippen molar-refractivity contribution >= 4 is 40.9 Å². The number of anilines is 1. The maximum atomic E-state index is 12.5. The summed E-state index contributed by atoms with van der Waals surface area (Å²) in [6.45, 7) is 1.79. The highest BCUT2D eigenvalue weighted by Crippen LogP contribution is 2.27. The number of nitrogens with one attached hydrogen (secondary N) is 1. The zero-order valence-electron chi connectivity index (χ0n) is 15.2. The molecule has 1 aromatic heterocycles. The molecule has 2 aromatic carbocycles. The Morgan fingerprint density at radius 2 is 1.75 bits per heavy atom. The van der Waals surface area contributed by atoms with E-state index in [4.69, 9.17) is 17.3 Å². The molecule has 1 unspecified atom stereocenters. The minimum absolute atomic E-state index is 0.187. The van der Waals surface area contributed by atoms with Gasteiger partial charge in [0.05, 0.1) is 5.25 Å². The summed E-state index contributed by atoms with van der Waals surface area (Å²) >= 11 is 7.23. The van der Waals surface area contributed by atoms with Crippen molar-refractivity contribution in [1.29, 1.82) is 0 Å². The number of primary amides is 1. The summed E-state index contributed by atoms with van der Waals surface area (Å²) in [6, 6.07) is 13.7. The fourth-order valence-electron chi connectivity index (χ4n) is 2.44. The second kappa shape index (κ2) is 8.45. The van der Waals surface area contributed by atoms with E-state index < -0.39 is 11.2 Å². The molecule has 0 aliphatic heterocycles. The number of thioether (sulfide) groups is 1. The van der Waals surface area contributed by atoms with Crippen LogP contribution >= 0.6 is 23.4 Å². The summed E-state index contributed by atoms with van der Waals surface area (Å²) in [4.78, 5) is 23.6. The minimum Gasteiger partial charge on any atom is -0.366 e. The second-order valence-corrected chi connectivity index (χ2v) is 7.81. The van der Waals surface area contributed by atoms with Gasteiger partial charge in [-0.2, -0.15) is 0 Å². The fourth-order valence-corrected chi connectivity index (χ4v) is 3.38. The van der Waals surface area contributed by atoms with Crippen LogP contribution in [0.4, 0.5) is 5.69 Å². The van der Waals surface area contributed by atoms with Crippen LogP contribution in [0.25, 0.3) is 11.4 Å². The molecule has 144 valence electrons. The number of hydrogen-bond acceptors (Lipinski definition) is 5. The molecular formula is C19H18ClN5O2S. The molecule has 0 bridgehead atoms. The fraction of sp³-hybridized carbons (Fsp3) is 0.158. The van der Waals surface area contributed by atoms with Crippen LogP contribution in [0.1, 0.15) is 17.3 Å².